The van der Waals surface area contributed by atoms with Crippen LogP contribution in [-0.2, 0) is 10.3 Å². The molecule has 4 heterocycles. The summed E-state index contributed by atoms with van der Waals surface area (Å²) < 4.78 is 3.69. The highest BCUT2D eigenvalue weighted by molar-refractivity contribution is 5.84. The van der Waals surface area contributed by atoms with E-state index in [2.05, 4.69) is 25.9 Å². The molecule has 1 amide bonds. The maximum Gasteiger partial charge on any atom is 0.248 e. The molecule has 1 atom stereocenters. The maximum atomic E-state index is 13.2. The molecule has 3 aromatic heterocycles. The number of carbonyl (C=O) groups excluding carboxylic acids is 1. The Hall–Kier alpha value is -2.74. The molecular weight excluding hydrogens is 318 g/mol. The van der Waals surface area contributed by atoms with Crippen LogP contribution in [-0.4, -0.2) is 43.4 Å². The Bertz CT molecular complexity index is 864. The van der Waals surface area contributed by atoms with Crippen molar-refractivity contribution in [2.75, 3.05) is 13.1 Å². The van der Waals surface area contributed by atoms with Crippen molar-refractivity contribution >= 4 is 11.6 Å². The third-order valence-corrected chi connectivity index (χ3v) is 4.87. The molecule has 0 saturated carbocycles. The van der Waals surface area contributed by atoms with Crippen molar-refractivity contribution in [2.24, 2.45) is 0 Å². The summed E-state index contributed by atoms with van der Waals surface area (Å²) in [6, 6.07) is 7.33. The molecule has 0 aliphatic carbocycles. The molecule has 4 rings (SSSR count). The molecule has 0 aromatic carbocycles. The van der Waals surface area contributed by atoms with Crippen LogP contribution in [0.15, 0.2) is 42.9 Å². The van der Waals surface area contributed by atoms with E-state index in [9.17, 15) is 4.79 Å². The van der Waals surface area contributed by atoms with E-state index in [0.717, 1.165) is 18.7 Å². The van der Waals surface area contributed by atoms with Gasteiger partial charge in [-0.25, -0.2) is 0 Å². The lowest BCUT2D eigenvalue weighted by Gasteiger charge is -2.37. The smallest absolute Gasteiger partial charge is 0.248 e. The Labute approximate surface area is 145 Å². The fraction of sp³-hybridized carbons (Fsp3) is 0.412. The SMILES string of the molecule is CC(NC(=O)C1(n2cccn2)CCNCC1)c1nnc2ccccn12. The lowest BCUT2D eigenvalue weighted by molar-refractivity contribution is -0.132. The van der Waals surface area contributed by atoms with E-state index in [1.54, 1.807) is 10.9 Å². The molecule has 1 aliphatic rings. The predicted octanol–water partition coefficient (Wildman–Crippen LogP) is 0.882. The molecule has 1 aliphatic heterocycles. The Morgan fingerprint density at radius 1 is 1.24 bits per heavy atom. The summed E-state index contributed by atoms with van der Waals surface area (Å²) in [5.41, 5.74) is 0.103. The molecule has 130 valence electrons. The Morgan fingerprint density at radius 3 is 2.84 bits per heavy atom. The average molecular weight is 339 g/mol. The van der Waals surface area contributed by atoms with Crippen LogP contribution < -0.4 is 10.6 Å². The fourth-order valence-corrected chi connectivity index (χ4v) is 3.47. The van der Waals surface area contributed by atoms with Gasteiger partial charge in [0.25, 0.3) is 0 Å². The first kappa shape index (κ1) is 15.8. The molecule has 0 radical (unpaired) electrons. The minimum Gasteiger partial charge on any atom is -0.344 e. The standard InChI is InChI=1S/C17H21N7O/c1-13(15-22-21-14-5-2-3-11-23(14)15)20-16(25)17(6-9-18-10-7-17)24-12-4-8-19-24/h2-5,8,11-13,18H,6-7,9-10H2,1H3,(H,20,25). The van der Waals surface area contributed by atoms with Gasteiger partial charge in [0.15, 0.2) is 11.5 Å². The van der Waals surface area contributed by atoms with Gasteiger partial charge in [0.1, 0.15) is 5.54 Å². The molecule has 8 heteroatoms. The van der Waals surface area contributed by atoms with Crippen LogP contribution in [0.4, 0.5) is 0 Å². The highest BCUT2D eigenvalue weighted by Crippen LogP contribution is 2.28. The number of hydrogen-bond donors (Lipinski definition) is 2. The molecule has 8 nitrogen and oxygen atoms in total. The first-order valence-corrected chi connectivity index (χ1v) is 8.52. The second kappa shape index (κ2) is 6.29. The van der Waals surface area contributed by atoms with Crippen LogP contribution in [0.1, 0.15) is 31.6 Å². The van der Waals surface area contributed by atoms with E-state index in [0.29, 0.717) is 18.7 Å². The van der Waals surface area contributed by atoms with Crippen LogP contribution in [0.3, 0.4) is 0 Å². The molecular formula is C17H21N7O. The molecule has 25 heavy (non-hydrogen) atoms. The number of amides is 1. The Balaban J connectivity index is 1.61. The van der Waals surface area contributed by atoms with Gasteiger partial charge in [-0.1, -0.05) is 6.07 Å². The molecule has 1 fully saturated rings. The number of carbonyl (C=O) groups is 1. The summed E-state index contributed by atoms with van der Waals surface area (Å²) in [6.07, 6.45) is 6.89. The van der Waals surface area contributed by atoms with Gasteiger partial charge in [0.2, 0.25) is 5.91 Å². The van der Waals surface area contributed by atoms with Gasteiger partial charge in [0, 0.05) is 18.6 Å². The second-order valence-corrected chi connectivity index (χ2v) is 6.41. The number of piperidine rings is 1. The third-order valence-electron chi connectivity index (χ3n) is 4.87. The minimum atomic E-state index is -0.663. The zero-order valence-corrected chi connectivity index (χ0v) is 14.1. The van der Waals surface area contributed by atoms with E-state index in [4.69, 9.17) is 0 Å². The van der Waals surface area contributed by atoms with Gasteiger partial charge in [-0.2, -0.15) is 5.10 Å². The second-order valence-electron chi connectivity index (χ2n) is 6.41. The molecule has 0 bridgehead atoms. The van der Waals surface area contributed by atoms with Crippen LogP contribution in [0.25, 0.3) is 5.65 Å². The lowest BCUT2D eigenvalue weighted by atomic mass is 9.87. The zero-order chi connectivity index (χ0) is 17.3. The number of fused-ring (bicyclic) bond motifs is 1. The first-order chi connectivity index (χ1) is 12.2. The Kier molecular flexibility index (Phi) is 3.96. The van der Waals surface area contributed by atoms with Crippen molar-refractivity contribution in [3.8, 4) is 0 Å². The number of hydrogen-bond acceptors (Lipinski definition) is 5. The predicted molar refractivity (Wildman–Crippen MR) is 91.8 cm³/mol. The van der Waals surface area contributed by atoms with Crippen molar-refractivity contribution in [2.45, 2.75) is 31.3 Å². The molecule has 1 unspecified atom stereocenters. The van der Waals surface area contributed by atoms with Gasteiger partial charge in [-0.15, -0.1) is 10.2 Å². The van der Waals surface area contributed by atoms with Gasteiger partial charge in [-0.3, -0.25) is 13.9 Å². The highest BCUT2D eigenvalue weighted by atomic mass is 16.2. The molecule has 0 spiro atoms. The lowest BCUT2D eigenvalue weighted by Crippen LogP contribution is -2.55. The van der Waals surface area contributed by atoms with E-state index >= 15 is 0 Å². The molecule has 2 N–H and O–H groups in total. The summed E-state index contributed by atoms with van der Waals surface area (Å²) in [4.78, 5) is 13.2. The van der Waals surface area contributed by atoms with Crippen molar-refractivity contribution in [3.05, 3.63) is 48.7 Å². The largest absolute Gasteiger partial charge is 0.344 e. The quantitative estimate of drug-likeness (QED) is 0.737. The van der Waals surface area contributed by atoms with Crippen molar-refractivity contribution in [1.82, 2.24) is 35.0 Å². The summed E-state index contributed by atoms with van der Waals surface area (Å²) >= 11 is 0. The van der Waals surface area contributed by atoms with Gasteiger partial charge in [-0.05, 0) is 51.1 Å². The van der Waals surface area contributed by atoms with Crippen molar-refractivity contribution in [3.63, 3.8) is 0 Å². The monoisotopic (exact) mass is 339 g/mol. The summed E-state index contributed by atoms with van der Waals surface area (Å²) in [7, 11) is 0. The summed E-state index contributed by atoms with van der Waals surface area (Å²) in [5, 5.41) is 19.2. The summed E-state index contributed by atoms with van der Waals surface area (Å²) in [6.45, 7) is 3.50. The van der Waals surface area contributed by atoms with Gasteiger partial charge in [0.05, 0.1) is 6.04 Å². The van der Waals surface area contributed by atoms with Crippen molar-refractivity contribution < 1.29 is 4.79 Å². The fourth-order valence-electron chi connectivity index (χ4n) is 3.47. The minimum absolute atomic E-state index is 0.0297. The van der Waals surface area contributed by atoms with Gasteiger partial charge < -0.3 is 10.6 Å². The van der Waals surface area contributed by atoms with Crippen LogP contribution in [0.2, 0.25) is 0 Å². The third kappa shape index (κ3) is 2.68. The molecule has 3 aromatic rings. The number of nitrogens with zero attached hydrogens (tertiary/aromatic N) is 5. The van der Waals surface area contributed by atoms with Crippen LogP contribution in [0.5, 0.6) is 0 Å². The normalized spacial score (nSPS) is 18.1. The average Bonchev–Trinajstić information content (AvgIpc) is 3.32. The number of pyridine rings is 1. The Morgan fingerprint density at radius 2 is 2.08 bits per heavy atom. The topological polar surface area (TPSA) is 89.1 Å². The number of nitrogens with one attached hydrogen (secondary N) is 2. The van der Waals surface area contributed by atoms with E-state index in [1.165, 1.54) is 0 Å². The van der Waals surface area contributed by atoms with Crippen LogP contribution >= 0.6 is 0 Å². The number of aromatic nitrogens is 5. The summed E-state index contributed by atoms with van der Waals surface area (Å²) in [5.74, 6) is 0.686. The first-order valence-electron chi connectivity index (χ1n) is 8.52. The molecule has 1 saturated heterocycles. The highest BCUT2D eigenvalue weighted by Gasteiger charge is 2.42. The van der Waals surface area contributed by atoms with Crippen molar-refractivity contribution in [1.29, 1.82) is 0 Å². The number of rotatable bonds is 4. The van der Waals surface area contributed by atoms with E-state index < -0.39 is 5.54 Å². The van der Waals surface area contributed by atoms with Crippen LogP contribution in [0, 0.1) is 0 Å². The van der Waals surface area contributed by atoms with E-state index in [-0.39, 0.29) is 11.9 Å². The maximum absolute atomic E-state index is 13.2. The van der Waals surface area contributed by atoms with Gasteiger partial charge >= 0.3 is 0 Å². The zero-order valence-electron chi connectivity index (χ0n) is 14.1. The van der Waals surface area contributed by atoms with E-state index in [1.807, 2.05) is 48.0 Å².